The minimum absolute atomic E-state index is 0.471. The number of hydrogen-bond donors (Lipinski definition) is 0. The number of halogens is 3. The average molecular weight is 349 g/mol. The Balaban J connectivity index is 2.17. The van der Waals surface area contributed by atoms with Crippen molar-refractivity contribution in [1.82, 2.24) is 14.7 Å². The van der Waals surface area contributed by atoms with Crippen LogP contribution in [0.3, 0.4) is 0 Å². The summed E-state index contributed by atoms with van der Waals surface area (Å²) in [6.07, 6.45) is -5.12. The maximum atomic E-state index is 12.4. The number of imide groups is 2. The third kappa shape index (κ3) is 3.10. The molecule has 1 atom stereocenters. The van der Waals surface area contributed by atoms with Crippen LogP contribution in [-0.2, 0) is 19.2 Å². The number of Topliss-reactive ketones (excluding diaryl/α,β-unsaturated/α-hetero) is 1. The maximum Gasteiger partial charge on any atom is 0.406 e. The van der Waals surface area contributed by atoms with E-state index in [1.807, 2.05) is 0 Å². The van der Waals surface area contributed by atoms with Gasteiger partial charge in [-0.3, -0.25) is 29.0 Å². The molecule has 5 amide bonds. The topological polar surface area (TPSA) is 95.1 Å². The van der Waals surface area contributed by atoms with Crippen molar-refractivity contribution in [3.63, 3.8) is 0 Å². The summed E-state index contributed by atoms with van der Waals surface area (Å²) < 4.78 is 37.2. The van der Waals surface area contributed by atoms with Gasteiger partial charge < -0.3 is 4.90 Å². The summed E-state index contributed by atoms with van der Waals surface area (Å²) in [6.45, 7) is -2.02. The normalized spacial score (nSPS) is 23.5. The molecular weight excluding hydrogens is 335 g/mol. The van der Waals surface area contributed by atoms with Crippen molar-refractivity contribution in [2.45, 2.75) is 12.6 Å². The van der Waals surface area contributed by atoms with E-state index in [2.05, 4.69) is 0 Å². The lowest BCUT2D eigenvalue weighted by molar-refractivity contribution is -0.157. The van der Waals surface area contributed by atoms with E-state index in [-0.39, 0.29) is 0 Å². The third-order valence-electron chi connectivity index (χ3n) is 4.00. The van der Waals surface area contributed by atoms with Gasteiger partial charge in [-0.1, -0.05) is 0 Å². The minimum Gasteiger partial charge on any atom is -0.333 e. The highest BCUT2D eigenvalue weighted by Crippen LogP contribution is 2.28. The number of alkyl halides is 3. The van der Waals surface area contributed by atoms with Crippen molar-refractivity contribution in [2.24, 2.45) is 11.8 Å². The molecule has 0 aromatic rings. The van der Waals surface area contributed by atoms with Crippen LogP contribution in [0.2, 0.25) is 0 Å². The molecule has 0 aliphatic carbocycles. The lowest BCUT2D eigenvalue weighted by Crippen LogP contribution is -2.59. The number of amides is 5. The monoisotopic (exact) mass is 349 g/mol. The van der Waals surface area contributed by atoms with Crippen LogP contribution in [-0.4, -0.2) is 77.6 Å². The zero-order valence-corrected chi connectivity index (χ0v) is 12.8. The molecule has 0 unspecified atom stereocenters. The quantitative estimate of drug-likeness (QED) is 0.648. The van der Waals surface area contributed by atoms with Crippen molar-refractivity contribution in [2.75, 3.05) is 27.2 Å². The number of urea groups is 1. The van der Waals surface area contributed by atoms with Gasteiger partial charge in [0.05, 0.1) is 0 Å². The highest BCUT2D eigenvalue weighted by Gasteiger charge is 2.50. The van der Waals surface area contributed by atoms with E-state index >= 15 is 0 Å². The summed E-state index contributed by atoms with van der Waals surface area (Å²) in [4.78, 5) is 61.4. The molecule has 0 spiro atoms. The first kappa shape index (κ1) is 17.9. The van der Waals surface area contributed by atoms with E-state index in [4.69, 9.17) is 0 Å². The predicted octanol–water partition coefficient (Wildman–Crippen LogP) is -0.367. The summed E-state index contributed by atoms with van der Waals surface area (Å²) in [5.74, 6) is -6.94. The first-order chi connectivity index (χ1) is 10.9. The molecule has 0 radical (unpaired) electrons. The standard InChI is InChI=1S/C13H14F3N3O5/c1-17-10(22)8(11(23)18(2)12(17)24)9(21)6-3-7(20)19(4-6)5-13(14,15)16/h6,8H,3-5H2,1-2H3/t6-/m0/s1. The van der Waals surface area contributed by atoms with Crippen molar-refractivity contribution >= 4 is 29.5 Å². The van der Waals surface area contributed by atoms with Crippen LogP contribution in [0.1, 0.15) is 6.42 Å². The molecule has 2 fully saturated rings. The lowest BCUT2D eigenvalue weighted by Gasteiger charge is -2.32. The smallest absolute Gasteiger partial charge is 0.333 e. The van der Waals surface area contributed by atoms with E-state index in [0.717, 1.165) is 14.1 Å². The maximum absolute atomic E-state index is 12.4. The fourth-order valence-corrected chi connectivity index (χ4v) is 2.72. The van der Waals surface area contributed by atoms with Gasteiger partial charge in [-0.05, 0) is 0 Å². The Morgan fingerprint density at radius 2 is 1.58 bits per heavy atom. The molecule has 0 saturated carbocycles. The molecule has 2 aliphatic heterocycles. The molecule has 24 heavy (non-hydrogen) atoms. The Morgan fingerprint density at radius 3 is 2.04 bits per heavy atom. The Bertz CT molecular complexity index is 609. The first-order valence-electron chi connectivity index (χ1n) is 6.91. The Kier molecular flexibility index (Phi) is 4.38. The summed E-state index contributed by atoms with van der Waals surface area (Å²) in [5, 5.41) is 0. The van der Waals surface area contributed by atoms with E-state index in [9.17, 15) is 37.1 Å². The van der Waals surface area contributed by atoms with Crippen molar-refractivity contribution in [3.8, 4) is 0 Å². The van der Waals surface area contributed by atoms with Gasteiger partial charge in [0.2, 0.25) is 5.91 Å². The molecule has 0 aromatic heterocycles. The van der Waals surface area contributed by atoms with Gasteiger partial charge in [-0.15, -0.1) is 0 Å². The van der Waals surface area contributed by atoms with Crippen LogP contribution < -0.4 is 0 Å². The number of carbonyl (C=O) groups excluding carboxylic acids is 5. The molecule has 8 nitrogen and oxygen atoms in total. The van der Waals surface area contributed by atoms with Gasteiger partial charge >= 0.3 is 12.2 Å². The van der Waals surface area contributed by atoms with Crippen LogP contribution in [0.15, 0.2) is 0 Å². The second-order valence-corrected chi connectivity index (χ2v) is 5.70. The van der Waals surface area contributed by atoms with Gasteiger partial charge in [-0.25, -0.2) is 4.79 Å². The van der Waals surface area contributed by atoms with Gasteiger partial charge in [0.15, 0.2) is 11.7 Å². The number of nitrogens with zero attached hydrogens (tertiary/aromatic N) is 3. The second-order valence-electron chi connectivity index (χ2n) is 5.70. The largest absolute Gasteiger partial charge is 0.406 e. The molecule has 2 rings (SSSR count). The highest BCUT2D eigenvalue weighted by molar-refractivity contribution is 6.26. The molecular formula is C13H14F3N3O5. The Labute approximate surface area is 134 Å². The van der Waals surface area contributed by atoms with E-state index in [1.54, 1.807) is 0 Å². The number of likely N-dealkylation sites (tertiary alicyclic amines) is 1. The number of carbonyl (C=O) groups is 5. The van der Waals surface area contributed by atoms with Gasteiger partial charge in [0.1, 0.15) is 6.54 Å². The highest BCUT2D eigenvalue weighted by atomic mass is 19.4. The molecule has 0 aromatic carbocycles. The first-order valence-corrected chi connectivity index (χ1v) is 6.91. The summed E-state index contributed by atoms with van der Waals surface area (Å²) in [7, 11) is 2.17. The number of rotatable bonds is 3. The number of barbiturate groups is 1. The molecule has 132 valence electrons. The van der Waals surface area contributed by atoms with Crippen LogP contribution in [0.5, 0.6) is 0 Å². The molecule has 0 bridgehead atoms. The predicted molar refractivity (Wildman–Crippen MR) is 70.2 cm³/mol. The third-order valence-corrected chi connectivity index (χ3v) is 4.00. The molecule has 2 heterocycles. The van der Waals surface area contributed by atoms with Gasteiger partial charge in [0.25, 0.3) is 11.8 Å². The fraction of sp³-hybridized carbons (Fsp3) is 0.615. The van der Waals surface area contributed by atoms with Gasteiger partial charge in [-0.2, -0.15) is 13.2 Å². The Morgan fingerprint density at radius 1 is 1.08 bits per heavy atom. The SMILES string of the molecule is CN1C(=O)C(C(=O)[C@H]2CC(=O)N(CC(F)(F)F)C2)C(=O)N(C)C1=O. The molecule has 0 N–H and O–H groups in total. The van der Waals surface area contributed by atoms with E-state index < -0.39 is 67.1 Å². The van der Waals surface area contributed by atoms with Crippen molar-refractivity contribution in [1.29, 1.82) is 0 Å². The zero-order chi connectivity index (χ0) is 18.4. The fourth-order valence-electron chi connectivity index (χ4n) is 2.72. The summed E-state index contributed by atoms with van der Waals surface area (Å²) in [6, 6.07) is -0.907. The van der Waals surface area contributed by atoms with E-state index in [1.165, 1.54) is 0 Å². The molecule has 11 heteroatoms. The van der Waals surface area contributed by atoms with E-state index in [0.29, 0.717) is 14.7 Å². The molecule has 2 aliphatic rings. The van der Waals surface area contributed by atoms with Gasteiger partial charge in [0, 0.05) is 33.0 Å². The average Bonchev–Trinajstić information content (AvgIpc) is 2.82. The van der Waals surface area contributed by atoms with Crippen molar-refractivity contribution < 1.29 is 37.1 Å². The number of ketones is 1. The van der Waals surface area contributed by atoms with Crippen LogP contribution in [0.4, 0.5) is 18.0 Å². The van der Waals surface area contributed by atoms with Crippen molar-refractivity contribution in [3.05, 3.63) is 0 Å². The minimum atomic E-state index is -4.61. The summed E-state index contributed by atoms with van der Waals surface area (Å²) >= 11 is 0. The molecule has 2 saturated heterocycles. The Hall–Kier alpha value is -2.46. The lowest BCUT2D eigenvalue weighted by atomic mass is 9.89. The van der Waals surface area contributed by atoms with Crippen LogP contribution >= 0.6 is 0 Å². The van der Waals surface area contributed by atoms with Crippen LogP contribution in [0.25, 0.3) is 0 Å². The number of hydrogen-bond acceptors (Lipinski definition) is 5. The zero-order valence-electron chi connectivity index (χ0n) is 12.8. The summed E-state index contributed by atoms with van der Waals surface area (Å²) in [5.41, 5.74) is 0. The second kappa shape index (κ2) is 5.87. The van der Waals surface area contributed by atoms with Crippen LogP contribution in [0, 0.1) is 11.8 Å².